The minimum atomic E-state index is -0.685. The molecule has 0 bridgehead atoms. The molecular weight excluding hydrogens is 168 g/mol. The summed E-state index contributed by atoms with van der Waals surface area (Å²) >= 11 is 0. The Kier molecular flexibility index (Phi) is 5.48. The van der Waals surface area contributed by atoms with Gasteiger partial charge in [-0.3, -0.25) is 9.80 Å². The van der Waals surface area contributed by atoms with Crippen molar-refractivity contribution in [1.82, 2.24) is 9.80 Å². The number of aliphatic hydroxyl groups is 1. The predicted molar refractivity (Wildman–Crippen MR) is 53.4 cm³/mol. The van der Waals surface area contributed by atoms with E-state index in [4.69, 9.17) is 4.74 Å². The van der Waals surface area contributed by atoms with Crippen LogP contribution in [0.4, 0.5) is 0 Å². The number of likely N-dealkylation sites (N-methyl/N-ethyl adjacent to an activating group) is 2. The molecule has 4 nitrogen and oxygen atoms in total. The van der Waals surface area contributed by atoms with Crippen LogP contribution in [0.1, 0.15) is 13.3 Å². The van der Waals surface area contributed by atoms with Gasteiger partial charge in [-0.05, 0) is 34.6 Å². The number of hydrogen-bond acceptors (Lipinski definition) is 4. The molecule has 0 rings (SSSR count). The van der Waals surface area contributed by atoms with Crippen LogP contribution in [-0.4, -0.2) is 62.2 Å². The summed E-state index contributed by atoms with van der Waals surface area (Å²) in [7, 11) is 7.58. The van der Waals surface area contributed by atoms with Crippen LogP contribution in [0.25, 0.3) is 0 Å². The second-order valence-corrected chi connectivity index (χ2v) is 3.54. The van der Waals surface area contributed by atoms with Gasteiger partial charge in [-0.25, -0.2) is 0 Å². The van der Waals surface area contributed by atoms with Crippen molar-refractivity contribution in [2.75, 3.05) is 41.4 Å². The summed E-state index contributed by atoms with van der Waals surface area (Å²) in [5.74, 6) is -0.685. The highest BCUT2D eigenvalue weighted by Gasteiger charge is 2.35. The molecule has 0 fully saturated rings. The maximum absolute atomic E-state index is 9.34. The van der Waals surface area contributed by atoms with Crippen LogP contribution in [0.3, 0.4) is 0 Å². The summed E-state index contributed by atoms with van der Waals surface area (Å²) < 4.78 is 5.65. The van der Waals surface area contributed by atoms with Crippen molar-refractivity contribution < 1.29 is 9.84 Å². The molecule has 0 amide bonds. The minimum absolute atomic E-state index is 0.0347. The van der Waals surface area contributed by atoms with Crippen molar-refractivity contribution in [3.05, 3.63) is 0 Å². The molecule has 1 N–H and O–H groups in total. The Labute approximate surface area is 81.1 Å². The number of hydrogen-bond donors (Lipinski definition) is 1. The van der Waals surface area contributed by atoms with Crippen LogP contribution >= 0.6 is 0 Å². The first kappa shape index (κ1) is 12.8. The van der Waals surface area contributed by atoms with E-state index >= 15 is 0 Å². The second-order valence-electron chi connectivity index (χ2n) is 3.54. The van der Waals surface area contributed by atoms with Crippen molar-refractivity contribution in [2.24, 2.45) is 0 Å². The van der Waals surface area contributed by atoms with Crippen molar-refractivity contribution in [1.29, 1.82) is 0 Å². The molecule has 80 valence electrons. The lowest BCUT2D eigenvalue weighted by molar-refractivity contribution is -0.239. The molecule has 4 heteroatoms. The van der Waals surface area contributed by atoms with Gasteiger partial charge in [-0.1, -0.05) is 6.92 Å². The van der Waals surface area contributed by atoms with Gasteiger partial charge >= 0.3 is 0 Å². The predicted octanol–water partition coefficient (Wildman–Crippen LogP) is 0.182. The summed E-state index contributed by atoms with van der Waals surface area (Å²) in [6.07, 6.45) is 0.948. The molecule has 0 aromatic carbocycles. The summed E-state index contributed by atoms with van der Waals surface area (Å²) in [5.41, 5.74) is 0. The number of nitrogens with zero attached hydrogens (tertiary/aromatic N) is 2. The highest BCUT2D eigenvalue weighted by Crippen LogP contribution is 2.16. The molecular formula is C9H22N2O2. The third-order valence-electron chi connectivity index (χ3n) is 2.14. The van der Waals surface area contributed by atoms with Gasteiger partial charge in [0.05, 0.1) is 6.61 Å². The molecule has 0 radical (unpaired) electrons. The van der Waals surface area contributed by atoms with Crippen LogP contribution in [0.2, 0.25) is 0 Å². The molecule has 0 atom stereocenters. The lowest BCUT2D eigenvalue weighted by Gasteiger charge is -2.42. The molecule has 0 saturated heterocycles. The van der Waals surface area contributed by atoms with Gasteiger partial charge in [0.2, 0.25) is 5.85 Å². The monoisotopic (exact) mass is 190 g/mol. The summed E-state index contributed by atoms with van der Waals surface area (Å²) in [5, 5.41) is 9.34. The van der Waals surface area contributed by atoms with E-state index < -0.39 is 5.85 Å². The SMILES string of the molecule is CCCOC(CO)(N(C)C)N(C)C. The number of ether oxygens (including phenoxy) is 1. The first-order chi connectivity index (χ1) is 6.01. The smallest absolute Gasteiger partial charge is 0.202 e. The van der Waals surface area contributed by atoms with Crippen LogP contribution < -0.4 is 0 Å². The van der Waals surface area contributed by atoms with Crippen LogP contribution in [-0.2, 0) is 4.74 Å². The highest BCUT2D eigenvalue weighted by molar-refractivity contribution is 4.73. The maximum Gasteiger partial charge on any atom is 0.202 e. The summed E-state index contributed by atoms with van der Waals surface area (Å²) in [4.78, 5) is 3.76. The van der Waals surface area contributed by atoms with Gasteiger partial charge in [0.15, 0.2) is 0 Å². The first-order valence-corrected chi connectivity index (χ1v) is 4.61. The van der Waals surface area contributed by atoms with E-state index in [0.29, 0.717) is 6.61 Å². The maximum atomic E-state index is 9.34. The van der Waals surface area contributed by atoms with Gasteiger partial charge in [-0.2, -0.15) is 0 Å². The third-order valence-corrected chi connectivity index (χ3v) is 2.14. The normalized spacial score (nSPS) is 12.9. The van der Waals surface area contributed by atoms with E-state index in [-0.39, 0.29) is 6.61 Å². The summed E-state index contributed by atoms with van der Waals surface area (Å²) in [6.45, 7) is 2.66. The fourth-order valence-corrected chi connectivity index (χ4v) is 1.25. The Morgan fingerprint density at radius 2 is 1.62 bits per heavy atom. The molecule has 0 aliphatic carbocycles. The van der Waals surface area contributed by atoms with Crippen LogP contribution in [0, 0.1) is 0 Å². The Bertz CT molecular complexity index is 130. The van der Waals surface area contributed by atoms with E-state index in [1.165, 1.54) is 0 Å². The van der Waals surface area contributed by atoms with Gasteiger partial charge in [-0.15, -0.1) is 0 Å². The Hall–Kier alpha value is -0.160. The van der Waals surface area contributed by atoms with Gasteiger partial charge < -0.3 is 9.84 Å². The topological polar surface area (TPSA) is 35.9 Å². The van der Waals surface area contributed by atoms with Crippen LogP contribution in [0.15, 0.2) is 0 Å². The lowest BCUT2D eigenvalue weighted by Crippen LogP contribution is -2.60. The largest absolute Gasteiger partial charge is 0.390 e. The molecule has 0 saturated carbocycles. The quantitative estimate of drug-likeness (QED) is 0.606. The van der Waals surface area contributed by atoms with E-state index in [1.807, 2.05) is 44.9 Å². The average Bonchev–Trinajstić information content (AvgIpc) is 2.05. The zero-order chi connectivity index (χ0) is 10.5. The average molecular weight is 190 g/mol. The van der Waals surface area contributed by atoms with Crippen molar-refractivity contribution in [3.63, 3.8) is 0 Å². The molecule has 0 aromatic heterocycles. The Morgan fingerprint density at radius 3 is 1.85 bits per heavy atom. The standard InChI is InChI=1S/C9H22N2O2/c1-6-7-13-9(8-12,10(2)3)11(4)5/h12H,6-8H2,1-5H3. The van der Waals surface area contributed by atoms with Gasteiger partial charge in [0.1, 0.15) is 6.61 Å². The van der Waals surface area contributed by atoms with Crippen LogP contribution in [0.5, 0.6) is 0 Å². The van der Waals surface area contributed by atoms with E-state index in [1.54, 1.807) is 0 Å². The summed E-state index contributed by atoms with van der Waals surface area (Å²) in [6, 6.07) is 0. The molecule has 0 aliphatic heterocycles. The fourth-order valence-electron chi connectivity index (χ4n) is 1.25. The number of rotatable bonds is 6. The van der Waals surface area contributed by atoms with Gasteiger partial charge in [0.25, 0.3) is 0 Å². The highest BCUT2D eigenvalue weighted by atomic mass is 16.5. The molecule has 0 aromatic rings. The number of aliphatic hydroxyl groups excluding tert-OH is 1. The van der Waals surface area contributed by atoms with E-state index in [9.17, 15) is 5.11 Å². The van der Waals surface area contributed by atoms with E-state index in [0.717, 1.165) is 6.42 Å². The Morgan fingerprint density at radius 1 is 1.15 bits per heavy atom. The Balaban J connectivity index is 4.45. The van der Waals surface area contributed by atoms with Gasteiger partial charge in [0, 0.05) is 0 Å². The first-order valence-electron chi connectivity index (χ1n) is 4.61. The molecule has 13 heavy (non-hydrogen) atoms. The molecule has 0 aliphatic rings. The second kappa shape index (κ2) is 5.54. The third kappa shape index (κ3) is 2.91. The zero-order valence-electron chi connectivity index (χ0n) is 9.37. The zero-order valence-corrected chi connectivity index (χ0v) is 9.37. The molecule has 0 spiro atoms. The van der Waals surface area contributed by atoms with Crippen molar-refractivity contribution in [3.8, 4) is 0 Å². The minimum Gasteiger partial charge on any atom is -0.390 e. The van der Waals surface area contributed by atoms with Crippen molar-refractivity contribution >= 4 is 0 Å². The molecule has 0 heterocycles. The van der Waals surface area contributed by atoms with Crippen molar-refractivity contribution in [2.45, 2.75) is 19.2 Å². The lowest BCUT2D eigenvalue weighted by atomic mass is 10.3. The van der Waals surface area contributed by atoms with E-state index in [2.05, 4.69) is 0 Å². The fraction of sp³-hybridized carbons (Fsp3) is 1.00. The molecule has 0 unspecified atom stereocenters.